The van der Waals surface area contributed by atoms with Gasteiger partial charge in [-0.1, -0.05) is 22.4 Å². The number of benzene rings is 1. The second-order valence-corrected chi connectivity index (χ2v) is 5.57. The molecule has 1 fully saturated rings. The number of methoxy groups -OCH3 is 1. The van der Waals surface area contributed by atoms with E-state index in [9.17, 15) is 4.39 Å². The maximum absolute atomic E-state index is 13.9. The van der Waals surface area contributed by atoms with Gasteiger partial charge in [0, 0.05) is 22.0 Å². The van der Waals surface area contributed by atoms with Gasteiger partial charge in [0.1, 0.15) is 0 Å². The van der Waals surface area contributed by atoms with E-state index >= 15 is 0 Å². The molecule has 1 aromatic rings. The molecule has 1 aromatic carbocycles. The standard InChI is InChI=1S/C13H17BrFNO/c1-8-9(14)6-10(15)12(17-2)11(8)13(7-16)4-3-5-13/h6H,3-5,7,16H2,1-2H3. The fourth-order valence-corrected chi connectivity index (χ4v) is 3.09. The van der Waals surface area contributed by atoms with E-state index in [1.807, 2.05) is 6.92 Å². The summed E-state index contributed by atoms with van der Waals surface area (Å²) in [6.07, 6.45) is 3.17. The number of ether oxygens (including phenoxy) is 1. The van der Waals surface area contributed by atoms with Crippen LogP contribution < -0.4 is 10.5 Å². The van der Waals surface area contributed by atoms with Crippen molar-refractivity contribution >= 4 is 15.9 Å². The summed E-state index contributed by atoms with van der Waals surface area (Å²) in [4.78, 5) is 0. The second-order valence-electron chi connectivity index (χ2n) is 4.71. The summed E-state index contributed by atoms with van der Waals surface area (Å²) in [6.45, 7) is 2.52. The maximum Gasteiger partial charge on any atom is 0.166 e. The Kier molecular flexibility index (Phi) is 3.46. The van der Waals surface area contributed by atoms with Gasteiger partial charge in [-0.3, -0.25) is 0 Å². The van der Waals surface area contributed by atoms with Crippen LogP contribution in [-0.4, -0.2) is 13.7 Å². The average molecular weight is 302 g/mol. The Morgan fingerprint density at radius 3 is 2.59 bits per heavy atom. The van der Waals surface area contributed by atoms with Gasteiger partial charge < -0.3 is 10.5 Å². The first-order valence-corrected chi connectivity index (χ1v) is 6.58. The Labute approximate surface area is 109 Å². The molecule has 0 heterocycles. The van der Waals surface area contributed by atoms with Crippen molar-refractivity contribution in [3.05, 3.63) is 27.5 Å². The number of hydrogen-bond acceptors (Lipinski definition) is 2. The van der Waals surface area contributed by atoms with Crippen molar-refractivity contribution < 1.29 is 9.13 Å². The van der Waals surface area contributed by atoms with Gasteiger partial charge in [-0.15, -0.1) is 0 Å². The number of nitrogens with two attached hydrogens (primary N) is 1. The highest BCUT2D eigenvalue weighted by atomic mass is 79.9. The van der Waals surface area contributed by atoms with E-state index in [4.69, 9.17) is 10.5 Å². The third-order valence-electron chi connectivity index (χ3n) is 3.87. The van der Waals surface area contributed by atoms with Gasteiger partial charge in [-0.2, -0.15) is 0 Å². The molecule has 4 heteroatoms. The van der Waals surface area contributed by atoms with Crippen molar-refractivity contribution in [2.45, 2.75) is 31.6 Å². The van der Waals surface area contributed by atoms with Crippen LogP contribution in [0.2, 0.25) is 0 Å². The largest absolute Gasteiger partial charge is 0.493 e. The predicted molar refractivity (Wildman–Crippen MR) is 70.0 cm³/mol. The quantitative estimate of drug-likeness (QED) is 0.930. The van der Waals surface area contributed by atoms with Crippen LogP contribution in [-0.2, 0) is 5.41 Å². The Morgan fingerprint density at radius 2 is 2.18 bits per heavy atom. The zero-order chi connectivity index (χ0) is 12.6. The summed E-state index contributed by atoms with van der Waals surface area (Å²) in [6, 6.07) is 1.46. The molecular formula is C13H17BrFNO. The van der Waals surface area contributed by atoms with Crippen molar-refractivity contribution in [2.24, 2.45) is 5.73 Å². The van der Waals surface area contributed by atoms with Crippen molar-refractivity contribution in [3.8, 4) is 5.75 Å². The average Bonchev–Trinajstić information content (AvgIpc) is 2.24. The molecule has 0 amide bonds. The van der Waals surface area contributed by atoms with Crippen molar-refractivity contribution in [1.29, 1.82) is 0 Å². The van der Waals surface area contributed by atoms with Gasteiger partial charge in [0.25, 0.3) is 0 Å². The molecule has 0 unspecified atom stereocenters. The Hall–Kier alpha value is -0.610. The summed E-state index contributed by atoms with van der Waals surface area (Å²) in [5.41, 5.74) is 7.78. The number of hydrogen-bond donors (Lipinski definition) is 1. The molecule has 1 aliphatic carbocycles. The van der Waals surface area contributed by atoms with E-state index in [1.54, 1.807) is 0 Å². The van der Waals surface area contributed by atoms with E-state index in [0.29, 0.717) is 12.3 Å². The highest BCUT2D eigenvalue weighted by Gasteiger charge is 2.41. The molecule has 0 aliphatic heterocycles. The van der Waals surface area contributed by atoms with Crippen LogP contribution in [0.4, 0.5) is 4.39 Å². The maximum atomic E-state index is 13.9. The molecule has 0 bridgehead atoms. The lowest BCUT2D eigenvalue weighted by Crippen LogP contribution is -2.42. The third kappa shape index (κ3) is 1.87. The lowest BCUT2D eigenvalue weighted by Gasteiger charge is -2.43. The fraction of sp³-hybridized carbons (Fsp3) is 0.538. The third-order valence-corrected chi connectivity index (χ3v) is 4.69. The molecule has 0 aromatic heterocycles. The molecule has 1 aliphatic rings. The van der Waals surface area contributed by atoms with Crippen LogP contribution in [0, 0.1) is 12.7 Å². The van der Waals surface area contributed by atoms with Gasteiger partial charge in [0.2, 0.25) is 0 Å². The van der Waals surface area contributed by atoms with E-state index in [1.165, 1.54) is 13.2 Å². The SMILES string of the molecule is COc1c(F)cc(Br)c(C)c1C1(CN)CCC1. The molecule has 0 radical (unpaired) electrons. The Morgan fingerprint density at radius 1 is 1.53 bits per heavy atom. The van der Waals surface area contributed by atoms with Crippen molar-refractivity contribution in [3.63, 3.8) is 0 Å². The summed E-state index contributed by atoms with van der Waals surface area (Å²) < 4.78 is 19.9. The Balaban J connectivity index is 2.65. The van der Waals surface area contributed by atoms with Gasteiger partial charge in [-0.25, -0.2) is 4.39 Å². The van der Waals surface area contributed by atoms with Crippen LogP contribution in [0.5, 0.6) is 5.75 Å². The van der Waals surface area contributed by atoms with Crippen LogP contribution in [0.3, 0.4) is 0 Å². The lowest BCUT2D eigenvalue weighted by molar-refractivity contribution is 0.239. The summed E-state index contributed by atoms with van der Waals surface area (Å²) in [5, 5.41) is 0. The van der Waals surface area contributed by atoms with Crippen LogP contribution in [0.25, 0.3) is 0 Å². The highest BCUT2D eigenvalue weighted by molar-refractivity contribution is 9.10. The van der Waals surface area contributed by atoms with Crippen LogP contribution in [0.15, 0.2) is 10.5 Å². The molecule has 1 saturated carbocycles. The van der Waals surface area contributed by atoms with E-state index < -0.39 is 0 Å². The van der Waals surface area contributed by atoms with Crippen LogP contribution in [0.1, 0.15) is 30.4 Å². The minimum Gasteiger partial charge on any atom is -0.493 e. The normalized spacial score (nSPS) is 17.7. The zero-order valence-corrected chi connectivity index (χ0v) is 11.7. The van der Waals surface area contributed by atoms with Gasteiger partial charge in [0.15, 0.2) is 11.6 Å². The first kappa shape index (κ1) is 12.8. The summed E-state index contributed by atoms with van der Waals surface area (Å²) in [7, 11) is 1.51. The molecule has 94 valence electrons. The molecule has 0 saturated heterocycles. The number of halogens is 2. The molecule has 17 heavy (non-hydrogen) atoms. The minimum absolute atomic E-state index is 0.0972. The van der Waals surface area contributed by atoms with E-state index in [-0.39, 0.29) is 11.2 Å². The molecule has 2 N–H and O–H groups in total. The molecule has 2 nitrogen and oxygen atoms in total. The van der Waals surface area contributed by atoms with E-state index in [2.05, 4.69) is 15.9 Å². The second kappa shape index (κ2) is 4.58. The topological polar surface area (TPSA) is 35.2 Å². The van der Waals surface area contributed by atoms with E-state index in [0.717, 1.165) is 34.9 Å². The van der Waals surface area contributed by atoms with Gasteiger partial charge in [0.05, 0.1) is 7.11 Å². The van der Waals surface area contributed by atoms with Crippen LogP contribution >= 0.6 is 15.9 Å². The monoisotopic (exact) mass is 301 g/mol. The smallest absolute Gasteiger partial charge is 0.166 e. The zero-order valence-electron chi connectivity index (χ0n) is 10.1. The molecule has 0 atom stereocenters. The minimum atomic E-state index is -0.320. The lowest BCUT2D eigenvalue weighted by atomic mass is 9.63. The molecular weight excluding hydrogens is 285 g/mol. The fourth-order valence-electron chi connectivity index (χ4n) is 2.69. The van der Waals surface area contributed by atoms with Gasteiger partial charge >= 0.3 is 0 Å². The highest BCUT2D eigenvalue weighted by Crippen LogP contribution is 2.49. The molecule has 0 spiro atoms. The first-order chi connectivity index (χ1) is 8.05. The van der Waals surface area contributed by atoms with Crippen molar-refractivity contribution in [1.82, 2.24) is 0 Å². The first-order valence-electron chi connectivity index (χ1n) is 5.79. The van der Waals surface area contributed by atoms with Gasteiger partial charge in [-0.05, 0) is 31.4 Å². The summed E-state index contributed by atoms with van der Waals surface area (Å²) in [5.74, 6) is 0.0375. The predicted octanol–water partition coefficient (Wildman–Crippen LogP) is 3.29. The number of rotatable bonds is 3. The van der Waals surface area contributed by atoms with Crippen molar-refractivity contribution in [2.75, 3.05) is 13.7 Å². The summed E-state index contributed by atoms with van der Waals surface area (Å²) >= 11 is 3.40. The Bertz CT molecular complexity index is 438. The molecule has 2 rings (SSSR count).